The van der Waals surface area contributed by atoms with Crippen LogP contribution in [0.15, 0.2) is 30.6 Å². The van der Waals surface area contributed by atoms with Gasteiger partial charge in [-0.3, -0.25) is 14.3 Å². The maximum Gasteiger partial charge on any atom is 0.227 e. The van der Waals surface area contributed by atoms with Gasteiger partial charge in [0.1, 0.15) is 5.75 Å². The van der Waals surface area contributed by atoms with Crippen LogP contribution in [0.5, 0.6) is 5.75 Å². The third-order valence-corrected chi connectivity index (χ3v) is 4.46. The Morgan fingerprint density at radius 3 is 2.92 bits per heavy atom. The van der Waals surface area contributed by atoms with E-state index in [9.17, 15) is 9.59 Å². The number of aromatic nitrogens is 2. The number of aryl methyl sites for hydroxylation is 1. The van der Waals surface area contributed by atoms with E-state index in [1.165, 1.54) is 7.11 Å². The van der Waals surface area contributed by atoms with Gasteiger partial charge in [-0.25, -0.2) is 0 Å². The predicted octanol–water partition coefficient (Wildman–Crippen LogP) is 1.75. The van der Waals surface area contributed by atoms with Crippen LogP contribution in [-0.4, -0.2) is 35.2 Å². The molecule has 1 N–H and O–H groups in total. The van der Waals surface area contributed by atoms with Crippen molar-refractivity contribution in [2.75, 3.05) is 18.6 Å². The molecule has 0 unspecified atom stereocenters. The topological polar surface area (TPSA) is 76.5 Å². The van der Waals surface area contributed by atoms with Crippen molar-refractivity contribution in [2.24, 2.45) is 13.0 Å². The Kier molecular flexibility index (Phi) is 4.94. The average molecular weight is 363 g/mol. The molecule has 1 fully saturated rings. The van der Waals surface area contributed by atoms with E-state index in [-0.39, 0.29) is 24.2 Å². The van der Waals surface area contributed by atoms with Gasteiger partial charge in [0.2, 0.25) is 11.8 Å². The third kappa shape index (κ3) is 3.76. The van der Waals surface area contributed by atoms with Gasteiger partial charge in [0.25, 0.3) is 0 Å². The fourth-order valence-electron chi connectivity index (χ4n) is 2.85. The van der Waals surface area contributed by atoms with Crippen LogP contribution in [0, 0.1) is 5.92 Å². The summed E-state index contributed by atoms with van der Waals surface area (Å²) in [5.41, 5.74) is 1.58. The maximum atomic E-state index is 12.4. The summed E-state index contributed by atoms with van der Waals surface area (Å²) in [6, 6.07) is 5.15. The van der Waals surface area contributed by atoms with Gasteiger partial charge in [0.05, 0.1) is 24.2 Å². The minimum absolute atomic E-state index is 0.0947. The summed E-state index contributed by atoms with van der Waals surface area (Å²) in [5, 5.41) is 7.35. The fourth-order valence-corrected chi connectivity index (χ4v) is 3.10. The van der Waals surface area contributed by atoms with Crippen LogP contribution in [0.25, 0.3) is 0 Å². The molecule has 0 saturated carbocycles. The van der Waals surface area contributed by atoms with Gasteiger partial charge in [-0.1, -0.05) is 11.6 Å². The second kappa shape index (κ2) is 7.14. The van der Waals surface area contributed by atoms with E-state index in [1.54, 1.807) is 34.0 Å². The predicted molar refractivity (Wildman–Crippen MR) is 93.5 cm³/mol. The third-order valence-electron chi connectivity index (χ3n) is 4.17. The van der Waals surface area contributed by atoms with Gasteiger partial charge in [-0.2, -0.15) is 5.10 Å². The Bertz CT molecular complexity index is 805. The van der Waals surface area contributed by atoms with E-state index in [1.807, 2.05) is 13.2 Å². The summed E-state index contributed by atoms with van der Waals surface area (Å²) in [4.78, 5) is 26.2. The number of nitrogens with one attached hydrogen (secondary N) is 1. The number of carbonyl (C=O) groups excluding carboxylic acids is 2. The highest BCUT2D eigenvalue weighted by Gasteiger charge is 2.35. The molecule has 1 aliphatic rings. The van der Waals surface area contributed by atoms with Crippen LogP contribution in [-0.2, 0) is 23.2 Å². The molecule has 1 atom stereocenters. The summed E-state index contributed by atoms with van der Waals surface area (Å²) in [7, 11) is 3.35. The number of hydrogen-bond donors (Lipinski definition) is 1. The van der Waals surface area contributed by atoms with Crippen molar-refractivity contribution in [3.05, 3.63) is 41.2 Å². The lowest BCUT2D eigenvalue weighted by Gasteiger charge is -2.17. The number of amides is 2. The van der Waals surface area contributed by atoms with Crippen molar-refractivity contribution in [3.63, 3.8) is 0 Å². The second-order valence-electron chi connectivity index (χ2n) is 5.96. The van der Waals surface area contributed by atoms with E-state index in [0.717, 1.165) is 5.56 Å². The molecule has 132 valence electrons. The zero-order valence-corrected chi connectivity index (χ0v) is 14.8. The first-order valence-electron chi connectivity index (χ1n) is 7.87. The van der Waals surface area contributed by atoms with Crippen molar-refractivity contribution < 1.29 is 14.3 Å². The van der Waals surface area contributed by atoms with Gasteiger partial charge in [0, 0.05) is 44.0 Å². The zero-order valence-electron chi connectivity index (χ0n) is 14.0. The average Bonchev–Trinajstić information content (AvgIpc) is 3.18. The molecule has 8 heteroatoms. The smallest absolute Gasteiger partial charge is 0.227 e. The van der Waals surface area contributed by atoms with Crippen LogP contribution in [0.3, 0.4) is 0 Å². The molecule has 0 bridgehead atoms. The number of nitrogens with zero attached hydrogens (tertiary/aromatic N) is 3. The quantitative estimate of drug-likeness (QED) is 0.879. The molecule has 2 heterocycles. The van der Waals surface area contributed by atoms with Crippen LogP contribution in [0.1, 0.15) is 12.0 Å². The Morgan fingerprint density at radius 1 is 1.48 bits per heavy atom. The number of hydrogen-bond acceptors (Lipinski definition) is 4. The van der Waals surface area contributed by atoms with Gasteiger partial charge in [-0.05, 0) is 18.2 Å². The minimum Gasteiger partial charge on any atom is -0.495 e. The molecular weight excluding hydrogens is 344 g/mol. The number of methoxy groups -OCH3 is 1. The second-order valence-corrected chi connectivity index (χ2v) is 6.37. The lowest BCUT2D eigenvalue weighted by Crippen LogP contribution is -2.32. The molecule has 25 heavy (non-hydrogen) atoms. The maximum absolute atomic E-state index is 12.4. The molecule has 0 radical (unpaired) electrons. The molecule has 1 aromatic heterocycles. The molecule has 0 aliphatic carbocycles. The standard InChI is InChI=1S/C17H19ClN4O3/c1-21-9-11(8-20-21)7-19-17(24)12-5-16(23)22(10-12)13-3-4-15(25-2)14(18)6-13/h3-4,6,8-9,12H,5,7,10H2,1-2H3,(H,19,24)/t12-/m1/s1. The van der Waals surface area contributed by atoms with E-state index in [4.69, 9.17) is 16.3 Å². The molecule has 1 saturated heterocycles. The van der Waals surface area contributed by atoms with E-state index in [0.29, 0.717) is 29.5 Å². The summed E-state index contributed by atoms with van der Waals surface area (Å²) >= 11 is 6.12. The van der Waals surface area contributed by atoms with Gasteiger partial charge < -0.3 is 15.0 Å². The Hall–Kier alpha value is -2.54. The number of rotatable bonds is 5. The SMILES string of the molecule is COc1ccc(N2C[C@H](C(=O)NCc3cnn(C)c3)CC2=O)cc1Cl. The van der Waals surface area contributed by atoms with E-state index < -0.39 is 0 Å². The Morgan fingerprint density at radius 2 is 2.28 bits per heavy atom. The first-order valence-corrected chi connectivity index (χ1v) is 8.25. The number of anilines is 1. The minimum atomic E-state index is -0.384. The number of halogens is 1. The molecular formula is C17H19ClN4O3. The van der Waals surface area contributed by atoms with E-state index >= 15 is 0 Å². The normalized spacial score (nSPS) is 17.0. The number of benzene rings is 1. The fraction of sp³-hybridized carbons (Fsp3) is 0.353. The van der Waals surface area contributed by atoms with Gasteiger partial charge in [-0.15, -0.1) is 0 Å². The first-order chi connectivity index (χ1) is 12.0. The number of carbonyl (C=O) groups is 2. The van der Waals surface area contributed by atoms with Crippen LogP contribution < -0.4 is 15.0 Å². The molecule has 2 aromatic rings. The highest BCUT2D eigenvalue weighted by Crippen LogP contribution is 2.32. The molecule has 0 spiro atoms. The van der Waals surface area contributed by atoms with Crippen molar-refractivity contribution >= 4 is 29.1 Å². The largest absolute Gasteiger partial charge is 0.495 e. The molecule has 2 amide bonds. The Balaban J connectivity index is 1.63. The van der Waals surface area contributed by atoms with Gasteiger partial charge in [0.15, 0.2) is 0 Å². The monoisotopic (exact) mass is 362 g/mol. The van der Waals surface area contributed by atoms with E-state index in [2.05, 4.69) is 10.4 Å². The van der Waals surface area contributed by atoms with Crippen LogP contribution >= 0.6 is 11.6 Å². The lowest BCUT2D eigenvalue weighted by molar-refractivity contribution is -0.126. The van der Waals surface area contributed by atoms with Crippen LogP contribution in [0.2, 0.25) is 5.02 Å². The molecule has 7 nitrogen and oxygen atoms in total. The molecule has 3 rings (SSSR count). The zero-order chi connectivity index (χ0) is 18.0. The highest BCUT2D eigenvalue weighted by molar-refractivity contribution is 6.32. The molecule has 1 aliphatic heterocycles. The van der Waals surface area contributed by atoms with Crippen molar-refractivity contribution in [3.8, 4) is 5.75 Å². The van der Waals surface area contributed by atoms with Gasteiger partial charge >= 0.3 is 0 Å². The summed E-state index contributed by atoms with van der Waals surface area (Å²) in [5.74, 6) is -0.0741. The summed E-state index contributed by atoms with van der Waals surface area (Å²) < 4.78 is 6.79. The van der Waals surface area contributed by atoms with Crippen molar-refractivity contribution in [1.82, 2.24) is 15.1 Å². The van der Waals surface area contributed by atoms with Crippen LogP contribution in [0.4, 0.5) is 5.69 Å². The first kappa shape index (κ1) is 17.3. The summed E-state index contributed by atoms with van der Waals surface area (Å²) in [6.45, 7) is 0.728. The summed E-state index contributed by atoms with van der Waals surface area (Å²) in [6.07, 6.45) is 3.72. The molecule has 1 aromatic carbocycles. The highest BCUT2D eigenvalue weighted by atomic mass is 35.5. The Labute approximate surface area is 150 Å². The number of ether oxygens (including phenoxy) is 1. The van der Waals surface area contributed by atoms with Crippen molar-refractivity contribution in [2.45, 2.75) is 13.0 Å². The lowest BCUT2D eigenvalue weighted by atomic mass is 10.1. The van der Waals surface area contributed by atoms with Crippen molar-refractivity contribution in [1.29, 1.82) is 0 Å².